The molecule has 1 saturated heterocycles. The summed E-state index contributed by atoms with van der Waals surface area (Å²) in [7, 11) is 0. The van der Waals surface area contributed by atoms with E-state index in [1.807, 2.05) is 54.8 Å². The summed E-state index contributed by atoms with van der Waals surface area (Å²) in [4.78, 5) is 13.1. The number of benzene rings is 1. The zero-order valence-corrected chi connectivity index (χ0v) is 9.17. The predicted octanol–water partition coefficient (Wildman–Crippen LogP) is 2.84. The molecule has 1 amide bonds. The van der Waals surface area contributed by atoms with Gasteiger partial charge in [-0.15, -0.1) is 0 Å². The summed E-state index contributed by atoms with van der Waals surface area (Å²) < 4.78 is 0. The van der Waals surface area contributed by atoms with E-state index in [-0.39, 0.29) is 5.91 Å². The Hall–Kier alpha value is -1.83. The van der Waals surface area contributed by atoms with Crippen molar-refractivity contribution in [3.8, 4) is 0 Å². The van der Waals surface area contributed by atoms with Gasteiger partial charge in [0.1, 0.15) is 0 Å². The van der Waals surface area contributed by atoms with Gasteiger partial charge in [0.2, 0.25) is 5.91 Å². The van der Waals surface area contributed by atoms with Crippen LogP contribution in [-0.2, 0) is 4.79 Å². The van der Waals surface area contributed by atoms with Gasteiger partial charge in [0, 0.05) is 19.2 Å². The van der Waals surface area contributed by atoms with Crippen LogP contribution in [0, 0.1) is 0 Å². The monoisotopic (exact) mass is 213 g/mol. The van der Waals surface area contributed by atoms with Crippen LogP contribution in [0.1, 0.15) is 18.4 Å². The van der Waals surface area contributed by atoms with E-state index in [0.29, 0.717) is 6.42 Å². The number of carbonyl (C=O) groups is 1. The Labute approximate surface area is 95.9 Å². The smallest absolute Gasteiger partial charge is 0.226 e. The fraction of sp³-hybridized carbons (Fsp3) is 0.214. The SMILES string of the molecule is O=C1CCCN1C=CC=Cc1ccccc1. The van der Waals surface area contributed by atoms with E-state index in [0.717, 1.165) is 13.0 Å². The van der Waals surface area contributed by atoms with E-state index >= 15 is 0 Å². The summed E-state index contributed by atoms with van der Waals surface area (Å²) in [5, 5.41) is 0. The molecule has 0 atom stereocenters. The molecular formula is C14H15NO. The molecule has 1 heterocycles. The highest BCUT2D eigenvalue weighted by molar-refractivity contribution is 5.79. The topological polar surface area (TPSA) is 20.3 Å². The minimum Gasteiger partial charge on any atom is -0.319 e. The standard InChI is InChI=1S/C14H15NO/c16-14-10-6-12-15(14)11-5-4-9-13-7-2-1-3-8-13/h1-5,7-9,11H,6,10,12H2. The van der Waals surface area contributed by atoms with Crippen LogP contribution in [0.4, 0.5) is 0 Å². The van der Waals surface area contributed by atoms with Gasteiger partial charge in [-0.3, -0.25) is 4.79 Å². The molecule has 0 unspecified atom stereocenters. The number of allylic oxidation sites excluding steroid dienone is 2. The lowest BCUT2D eigenvalue weighted by Gasteiger charge is -2.06. The largest absolute Gasteiger partial charge is 0.319 e. The van der Waals surface area contributed by atoms with Crippen molar-refractivity contribution in [3.63, 3.8) is 0 Å². The molecule has 0 saturated carbocycles. The normalized spacial score (nSPS) is 16.8. The first-order chi connectivity index (χ1) is 7.86. The Kier molecular flexibility index (Phi) is 3.54. The van der Waals surface area contributed by atoms with Gasteiger partial charge in [0.05, 0.1) is 0 Å². The molecule has 0 bridgehead atoms. The van der Waals surface area contributed by atoms with Gasteiger partial charge in [0.15, 0.2) is 0 Å². The maximum absolute atomic E-state index is 11.3. The van der Waals surface area contributed by atoms with Crippen LogP contribution >= 0.6 is 0 Å². The van der Waals surface area contributed by atoms with E-state index in [1.165, 1.54) is 5.56 Å². The minimum atomic E-state index is 0.226. The molecule has 0 spiro atoms. The summed E-state index contributed by atoms with van der Waals surface area (Å²) in [6.07, 6.45) is 9.42. The second-order valence-corrected chi connectivity index (χ2v) is 3.80. The zero-order valence-electron chi connectivity index (χ0n) is 9.17. The molecular weight excluding hydrogens is 198 g/mol. The average Bonchev–Trinajstić information content (AvgIpc) is 2.72. The Morgan fingerprint density at radius 2 is 1.94 bits per heavy atom. The zero-order chi connectivity index (χ0) is 11.2. The number of amides is 1. The number of likely N-dealkylation sites (tertiary alicyclic amines) is 1. The molecule has 1 fully saturated rings. The molecule has 0 aliphatic carbocycles. The first-order valence-electron chi connectivity index (χ1n) is 5.56. The highest BCUT2D eigenvalue weighted by Gasteiger charge is 2.16. The first-order valence-corrected chi connectivity index (χ1v) is 5.56. The Morgan fingerprint density at radius 3 is 2.62 bits per heavy atom. The molecule has 1 aromatic carbocycles. The summed E-state index contributed by atoms with van der Waals surface area (Å²) in [6.45, 7) is 0.856. The van der Waals surface area contributed by atoms with E-state index < -0.39 is 0 Å². The summed E-state index contributed by atoms with van der Waals surface area (Å²) in [6, 6.07) is 10.1. The van der Waals surface area contributed by atoms with Crippen molar-refractivity contribution >= 4 is 12.0 Å². The second kappa shape index (κ2) is 5.31. The van der Waals surface area contributed by atoms with Crippen LogP contribution in [0.2, 0.25) is 0 Å². The molecule has 1 aliphatic heterocycles. The Balaban J connectivity index is 1.89. The average molecular weight is 213 g/mol. The number of hydrogen-bond acceptors (Lipinski definition) is 1. The van der Waals surface area contributed by atoms with E-state index in [9.17, 15) is 4.79 Å². The molecule has 2 nitrogen and oxygen atoms in total. The lowest BCUT2D eigenvalue weighted by molar-refractivity contribution is -0.125. The summed E-state index contributed by atoms with van der Waals surface area (Å²) in [5.74, 6) is 0.226. The molecule has 0 N–H and O–H groups in total. The highest BCUT2D eigenvalue weighted by atomic mass is 16.2. The van der Waals surface area contributed by atoms with Gasteiger partial charge in [-0.05, 0) is 18.1 Å². The maximum atomic E-state index is 11.3. The van der Waals surface area contributed by atoms with Crippen molar-refractivity contribution in [2.45, 2.75) is 12.8 Å². The van der Waals surface area contributed by atoms with Gasteiger partial charge >= 0.3 is 0 Å². The van der Waals surface area contributed by atoms with Gasteiger partial charge in [-0.25, -0.2) is 0 Å². The van der Waals surface area contributed by atoms with Gasteiger partial charge in [-0.1, -0.05) is 42.5 Å². The lowest BCUT2D eigenvalue weighted by atomic mass is 10.2. The summed E-state index contributed by atoms with van der Waals surface area (Å²) in [5.41, 5.74) is 1.17. The summed E-state index contributed by atoms with van der Waals surface area (Å²) >= 11 is 0. The first kappa shape index (κ1) is 10.7. The Morgan fingerprint density at radius 1 is 1.12 bits per heavy atom. The number of nitrogens with zero attached hydrogens (tertiary/aromatic N) is 1. The van der Waals surface area contributed by atoms with Crippen molar-refractivity contribution in [1.82, 2.24) is 4.90 Å². The van der Waals surface area contributed by atoms with Crippen molar-refractivity contribution < 1.29 is 4.79 Å². The van der Waals surface area contributed by atoms with Gasteiger partial charge in [0.25, 0.3) is 0 Å². The van der Waals surface area contributed by atoms with Crippen LogP contribution in [-0.4, -0.2) is 17.4 Å². The van der Waals surface area contributed by atoms with E-state index in [1.54, 1.807) is 4.90 Å². The molecule has 1 aromatic rings. The number of rotatable bonds is 3. The minimum absolute atomic E-state index is 0.226. The predicted molar refractivity (Wildman–Crippen MR) is 65.6 cm³/mol. The number of hydrogen-bond donors (Lipinski definition) is 0. The fourth-order valence-corrected chi connectivity index (χ4v) is 1.71. The maximum Gasteiger partial charge on any atom is 0.226 e. The Bertz CT molecular complexity index is 406. The van der Waals surface area contributed by atoms with E-state index in [4.69, 9.17) is 0 Å². The van der Waals surface area contributed by atoms with Crippen LogP contribution in [0.3, 0.4) is 0 Å². The molecule has 1 aliphatic rings. The van der Waals surface area contributed by atoms with E-state index in [2.05, 4.69) is 0 Å². The fourth-order valence-electron chi connectivity index (χ4n) is 1.71. The van der Waals surface area contributed by atoms with Crippen molar-refractivity contribution in [1.29, 1.82) is 0 Å². The third-order valence-corrected chi connectivity index (χ3v) is 2.58. The molecule has 82 valence electrons. The van der Waals surface area contributed by atoms with Crippen molar-refractivity contribution in [3.05, 3.63) is 54.2 Å². The third-order valence-electron chi connectivity index (χ3n) is 2.58. The van der Waals surface area contributed by atoms with Crippen LogP contribution < -0.4 is 0 Å². The molecule has 2 heteroatoms. The molecule has 0 radical (unpaired) electrons. The van der Waals surface area contributed by atoms with Gasteiger partial charge in [-0.2, -0.15) is 0 Å². The van der Waals surface area contributed by atoms with Crippen molar-refractivity contribution in [2.75, 3.05) is 6.54 Å². The van der Waals surface area contributed by atoms with Crippen LogP contribution in [0.5, 0.6) is 0 Å². The van der Waals surface area contributed by atoms with Crippen LogP contribution in [0.25, 0.3) is 6.08 Å². The molecule has 0 aromatic heterocycles. The lowest BCUT2D eigenvalue weighted by Crippen LogP contribution is -2.16. The third kappa shape index (κ3) is 2.83. The number of carbonyl (C=O) groups excluding carboxylic acids is 1. The van der Waals surface area contributed by atoms with Crippen molar-refractivity contribution in [2.24, 2.45) is 0 Å². The highest BCUT2D eigenvalue weighted by Crippen LogP contribution is 2.09. The molecule has 2 rings (SSSR count). The molecule has 16 heavy (non-hydrogen) atoms. The van der Waals surface area contributed by atoms with Crippen LogP contribution in [0.15, 0.2) is 48.7 Å². The quantitative estimate of drug-likeness (QED) is 0.707. The second-order valence-electron chi connectivity index (χ2n) is 3.80. The van der Waals surface area contributed by atoms with Gasteiger partial charge < -0.3 is 4.90 Å².